The van der Waals surface area contributed by atoms with Crippen molar-refractivity contribution in [3.05, 3.63) is 22.7 Å². The van der Waals surface area contributed by atoms with E-state index in [1.165, 1.54) is 13.2 Å². The maximum Gasteiger partial charge on any atom is 0.306 e. The molecule has 4 aliphatic rings. The number of nitrogen functional groups attached to an aromatic ring is 1. The number of carbonyl (C=O) groups excluding carboxylic acids is 2. The third kappa shape index (κ3) is 7.28. The van der Waals surface area contributed by atoms with Gasteiger partial charge in [0.1, 0.15) is 11.9 Å². The summed E-state index contributed by atoms with van der Waals surface area (Å²) in [5.74, 6) is 0.637. The highest BCUT2D eigenvalue weighted by Crippen LogP contribution is 2.30. The molecule has 206 valence electrons. The first-order chi connectivity index (χ1) is 17.9. The van der Waals surface area contributed by atoms with Gasteiger partial charge in [0.15, 0.2) is 0 Å². The number of amides is 1. The second kappa shape index (κ2) is 13.1. The van der Waals surface area contributed by atoms with Gasteiger partial charge >= 0.3 is 5.97 Å². The molecular formula is C27H41ClN4O5. The first kappa shape index (κ1) is 28.0. The van der Waals surface area contributed by atoms with Crippen LogP contribution in [-0.2, 0) is 14.3 Å². The van der Waals surface area contributed by atoms with Gasteiger partial charge in [0.25, 0.3) is 5.91 Å². The van der Waals surface area contributed by atoms with E-state index < -0.39 is 0 Å². The molecule has 1 aromatic carbocycles. The molecule has 5 rings (SSSR count). The van der Waals surface area contributed by atoms with Gasteiger partial charge in [-0.25, -0.2) is 0 Å². The van der Waals surface area contributed by atoms with Crippen molar-refractivity contribution in [2.45, 2.75) is 63.2 Å². The van der Waals surface area contributed by atoms with Crippen LogP contribution in [0.4, 0.5) is 5.69 Å². The summed E-state index contributed by atoms with van der Waals surface area (Å²) in [6, 6.07) is 2.98. The number of esters is 1. The molecule has 0 spiro atoms. The van der Waals surface area contributed by atoms with Crippen molar-refractivity contribution in [1.82, 2.24) is 15.1 Å². The van der Waals surface area contributed by atoms with Gasteiger partial charge in [-0.1, -0.05) is 18.0 Å². The first-order valence-electron chi connectivity index (χ1n) is 13.5. The standard InChI is InChI=1S/C27H41ClN4O5/c1-35-23-15-21(29)20(28)14-19(23)27(34)30-22-9-13-31(17-25(22)36-2)10-5-3-4-6-26(33)37-24-16-32-11-7-18(24)8-12-32/h14-15,18,22,24-25H,3-13,16-17,29H2,1-2H3,(H,30,34). The number of nitrogens with two attached hydrogens (primary N) is 1. The zero-order chi connectivity index (χ0) is 26.4. The van der Waals surface area contributed by atoms with Crippen molar-refractivity contribution >= 4 is 29.2 Å². The van der Waals surface area contributed by atoms with Crippen LogP contribution in [0, 0.1) is 5.92 Å². The van der Waals surface area contributed by atoms with E-state index in [1.54, 1.807) is 13.2 Å². The first-order valence-corrected chi connectivity index (χ1v) is 13.9. The minimum atomic E-state index is -0.260. The SMILES string of the molecule is COc1cc(N)c(Cl)cc1C(=O)NC1CCN(CCCCCC(=O)OC2CN3CCC2CC3)CC1OC. The van der Waals surface area contributed by atoms with E-state index >= 15 is 0 Å². The van der Waals surface area contributed by atoms with Crippen LogP contribution < -0.4 is 15.8 Å². The van der Waals surface area contributed by atoms with E-state index in [1.807, 2.05) is 0 Å². The highest BCUT2D eigenvalue weighted by molar-refractivity contribution is 6.33. The minimum absolute atomic E-state index is 0.0474. The molecule has 37 heavy (non-hydrogen) atoms. The molecule has 1 aromatic rings. The third-order valence-electron chi connectivity index (χ3n) is 8.06. The fourth-order valence-corrected chi connectivity index (χ4v) is 5.97. The van der Waals surface area contributed by atoms with Gasteiger partial charge in [0.05, 0.1) is 35.5 Å². The number of rotatable bonds is 11. The molecule has 2 bridgehead atoms. The predicted octanol–water partition coefficient (Wildman–Crippen LogP) is 2.95. The molecule has 3 unspecified atom stereocenters. The molecule has 4 saturated heterocycles. The van der Waals surface area contributed by atoms with E-state index in [2.05, 4.69) is 15.1 Å². The number of carbonyl (C=O) groups is 2. The number of nitrogens with zero attached hydrogens (tertiary/aromatic N) is 2. The van der Waals surface area contributed by atoms with E-state index in [0.717, 1.165) is 77.8 Å². The Kier molecular flexibility index (Phi) is 9.92. The number of unbranched alkanes of at least 4 members (excludes halogenated alkanes) is 2. The largest absolute Gasteiger partial charge is 0.496 e. The van der Waals surface area contributed by atoms with Crippen LogP contribution in [-0.4, -0.2) is 93.4 Å². The zero-order valence-electron chi connectivity index (χ0n) is 22.0. The molecular weight excluding hydrogens is 496 g/mol. The Bertz CT molecular complexity index is 940. The van der Waals surface area contributed by atoms with Crippen LogP contribution in [0.3, 0.4) is 0 Å². The summed E-state index contributed by atoms with van der Waals surface area (Å²) >= 11 is 6.13. The Morgan fingerprint density at radius 2 is 1.84 bits per heavy atom. The van der Waals surface area contributed by atoms with Crippen molar-refractivity contribution in [2.24, 2.45) is 5.92 Å². The van der Waals surface area contributed by atoms with Crippen LogP contribution in [0.5, 0.6) is 5.75 Å². The van der Waals surface area contributed by atoms with Crippen molar-refractivity contribution in [3.8, 4) is 5.75 Å². The van der Waals surface area contributed by atoms with Crippen LogP contribution in [0.25, 0.3) is 0 Å². The summed E-state index contributed by atoms with van der Waals surface area (Å²) in [5, 5.41) is 3.40. The number of methoxy groups -OCH3 is 2. The predicted molar refractivity (Wildman–Crippen MR) is 143 cm³/mol. The minimum Gasteiger partial charge on any atom is -0.496 e. The van der Waals surface area contributed by atoms with Gasteiger partial charge < -0.3 is 30.2 Å². The molecule has 3 atom stereocenters. The summed E-state index contributed by atoms with van der Waals surface area (Å²) in [5.41, 5.74) is 6.56. The average Bonchev–Trinajstić information content (AvgIpc) is 2.91. The molecule has 3 N–H and O–H groups in total. The number of nitrogens with one attached hydrogen (secondary N) is 1. The normalized spacial score (nSPS) is 27.6. The second-order valence-electron chi connectivity index (χ2n) is 10.5. The van der Waals surface area contributed by atoms with E-state index in [0.29, 0.717) is 34.4 Å². The summed E-state index contributed by atoms with van der Waals surface area (Å²) < 4.78 is 16.8. The van der Waals surface area contributed by atoms with Gasteiger partial charge in [0.2, 0.25) is 0 Å². The van der Waals surface area contributed by atoms with Gasteiger partial charge in [-0.15, -0.1) is 0 Å². The fourth-order valence-electron chi connectivity index (χ4n) is 5.80. The highest BCUT2D eigenvalue weighted by Gasteiger charge is 2.36. The van der Waals surface area contributed by atoms with Crippen molar-refractivity contribution < 1.29 is 23.8 Å². The van der Waals surface area contributed by atoms with E-state index in [-0.39, 0.29) is 30.1 Å². The number of hydrogen-bond acceptors (Lipinski definition) is 8. The summed E-state index contributed by atoms with van der Waals surface area (Å²) in [4.78, 5) is 30.0. The third-order valence-corrected chi connectivity index (χ3v) is 8.39. The Morgan fingerprint density at radius 3 is 2.51 bits per heavy atom. The maximum atomic E-state index is 13.0. The van der Waals surface area contributed by atoms with Gasteiger partial charge in [0, 0.05) is 39.2 Å². The Morgan fingerprint density at radius 1 is 1.05 bits per heavy atom. The number of fused-ring (bicyclic) bond motifs is 3. The molecule has 1 amide bonds. The molecule has 0 saturated carbocycles. The average molecular weight is 537 g/mol. The molecule has 9 nitrogen and oxygen atoms in total. The summed E-state index contributed by atoms with van der Waals surface area (Å²) in [6.07, 6.45) is 6.42. The van der Waals surface area contributed by atoms with E-state index in [9.17, 15) is 9.59 Å². The van der Waals surface area contributed by atoms with Crippen molar-refractivity contribution in [1.29, 1.82) is 0 Å². The number of anilines is 1. The lowest BCUT2D eigenvalue weighted by Crippen LogP contribution is -2.54. The topological polar surface area (TPSA) is 106 Å². The van der Waals surface area contributed by atoms with Gasteiger partial charge in [-0.3, -0.25) is 14.5 Å². The lowest BCUT2D eigenvalue weighted by atomic mass is 9.86. The summed E-state index contributed by atoms with van der Waals surface area (Å²) in [6.45, 7) is 5.76. The molecule has 10 heteroatoms. The molecule has 4 aliphatic heterocycles. The molecule has 0 radical (unpaired) electrons. The number of piperidine rings is 4. The van der Waals surface area contributed by atoms with Gasteiger partial charge in [-0.2, -0.15) is 0 Å². The Hall–Kier alpha value is -2.07. The monoisotopic (exact) mass is 536 g/mol. The second-order valence-corrected chi connectivity index (χ2v) is 10.9. The number of ether oxygens (including phenoxy) is 3. The van der Waals surface area contributed by atoms with Crippen LogP contribution >= 0.6 is 11.6 Å². The van der Waals surface area contributed by atoms with Crippen molar-refractivity contribution in [3.63, 3.8) is 0 Å². The number of hydrogen-bond donors (Lipinski definition) is 2. The lowest BCUT2D eigenvalue weighted by Gasteiger charge is -2.43. The van der Waals surface area contributed by atoms with Crippen molar-refractivity contribution in [2.75, 3.05) is 59.2 Å². The highest BCUT2D eigenvalue weighted by atomic mass is 35.5. The molecule has 0 aromatic heterocycles. The summed E-state index contributed by atoms with van der Waals surface area (Å²) in [7, 11) is 3.17. The van der Waals surface area contributed by atoms with Crippen LogP contribution in [0.1, 0.15) is 55.3 Å². The van der Waals surface area contributed by atoms with Crippen LogP contribution in [0.15, 0.2) is 12.1 Å². The number of halogens is 1. The van der Waals surface area contributed by atoms with Gasteiger partial charge in [-0.05, 0) is 63.7 Å². The Balaban J connectivity index is 1.15. The quantitative estimate of drug-likeness (QED) is 0.252. The lowest BCUT2D eigenvalue weighted by molar-refractivity contribution is -0.158. The van der Waals surface area contributed by atoms with E-state index in [4.69, 9.17) is 31.5 Å². The molecule has 0 aliphatic carbocycles. The Labute approximate surface area is 224 Å². The zero-order valence-corrected chi connectivity index (χ0v) is 22.8. The molecule has 4 fully saturated rings. The smallest absolute Gasteiger partial charge is 0.306 e. The fraction of sp³-hybridized carbons (Fsp3) is 0.704. The van der Waals surface area contributed by atoms with Crippen LogP contribution in [0.2, 0.25) is 5.02 Å². The number of likely N-dealkylation sites (tertiary alicyclic amines) is 1. The maximum absolute atomic E-state index is 13.0. The molecule has 4 heterocycles. The number of benzene rings is 1.